The second-order valence-corrected chi connectivity index (χ2v) is 5.79. The number of rotatable bonds is 6. The van der Waals surface area contributed by atoms with Crippen LogP contribution in [0.4, 0.5) is 0 Å². The van der Waals surface area contributed by atoms with Crippen molar-refractivity contribution in [3.05, 3.63) is 48.3 Å². The smallest absolute Gasteiger partial charge is 0.278 e. The number of aromatic nitrogens is 2. The van der Waals surface area contributed by atoms with E-state index in [1.54, 1.807) is 29.2 Å². The molecule has 8 heteroatoms. The van der Waals surface area contributed by atoms with Gasteiger partial charge in [0.15, 0.2) is 0 Å². The summed E-state index contributed by atoms with van der Waals surface area (Å²) in [7, 11) is 1.50. The molecule has 0 bridgehead atoms. The number of carbonyl (C=O) groups excluding carboxylic acids is 2. The SMILES string of the molecule is COc1nccnc1OC1CCN(C(=O)CNC(=O)c2ccccc2)C1. The van der Waals surface area contributed by atoms with E-state index >= 15 is 0 Å². The van der Waals surface area contributed by atoms with Gasteiger partial charge in [-0.2, -0.15) is 0 Å². The number of amides is 2. The van der Waals surface area contributed by atoms with Gasteiger partial charge in [0.25, 0.3) is 17.7 Å². The first-order valence-electron chi connectivity index (χ1n) is 8.30. The Balaban J connectivity index is 1.49. The number of nitrogens with one attached hydrogen (secondary N) is 1. The highest BCUT2D eigenvalue weighted by Gasteiger charge is 2.28. The van der Waals surface area contributed by atoms with E-state index in [0.717, 1.165) is 0 Å². The molecule has 0 radical (unpaired) electrons. The van der Waals surface area contributed by atoms with Gasteiger partial charge in [-0.05, 0) is 12.1 Å². The zero-order chi connectivity index (χ0) is 18.4. The van der Waals surface area contributed by atoms with Crippen LogP contribution in [0.1, 0.15) is 16.8 Å². The zero-order valence-corrected chi connectivity index (χ0v) is 14.4. The first-order valence-corrected chi connectivity index (χ1v) is 8.30. The van der Waals surface area contributed by atoms with Gasteiger partial charge >= 0.3 is 0 Å². The number of hydrogen-bond donors (Lipinski definition) is 1. The molecule has 1 N–H and O–H groups in total. The average Bonchev–Trinajstić information content (AvgIpc) is 3.15. The molecule has 1 aliphatic rings. The van der Waals surface area contributed by atoms with Crippen LogP contribution in [0.2, 0.25) is 0 Å². The molecule has 26 heavy (non-hydrogen) atoms. The van der Waals surface area contributed by atoms with Gasteiger partial charge in [-0.1, -0.05) is 18.2 Å². The quantitative estimate of drug-likeness (QED) is 0.826. The van der Waals surface area contributed by atoms with Crippen molar-refractivity contribution in [3.63, 3.8) is 0 Å². The molecule has 1 saturated heterocycles. The molecular weight excluding hydrogens is 336 g/mol. The lowest BCUT2D eigenvalue weighted by atomic mass is 10.2. The summed E-state index contributed by atoms with van der Waals surface area (Å²) in [6.07, 6.45) is 3.53. The molecule has 2 aromatic rings. The normalized spacial score (nSPS) is 16.2. The van der Waals surface area contributed by atoms with Crippen LogP contribution in [0.3, 0.4) is 0 Å². The van der Waals surface area contributed by atoms with E-state index in [1.807, 2.05) is 6.07 Å². The summed E-state index contributed by atoms with van der Waals surface area (Å²) in [5.41, 5.74) is 0.526. The summed E-state index contributed by atoms with van der Waals surface area (Å²) in [5.74, 6) is 0.209. The van der Waals surface area contributed by atoms with Gasteiger partial charge in [-0.15, -0.1) is 0 Å². The highest BCUT2D eigenvalue weighted by Crippen LogP contribution is 2.23. The third-order valence-electron chi connectivity index (χ3n) is 4.04. The Morgan fingerprint density at radius 1 is 1.19 bits per heavy atom. The molecule has 3 rings (SSSR count). The lowest BCUT2D eigenvalue weighted by molar-refractivity contribution is -0.129. The fourth-order valence-corrected chi connectivity index (χ4v) is 2.70. The van der Waals surface area contributed by atoms with Crippen LogP contribution in [-0.4, -0.2) is 59.5 Å². The molecule has 1 unspecified atom stereocenters. The van der Waals surface area contributed by atoms with E-state index in [0.29, 0.717) is 36.8 Å². The second-order valence-electron chi connectivity index (χ2n) is 5.79. The van der Waals surface area contributed by atoms with Crippen molar-refractivity contribution in [2.75, 3.05) is 26.7 Å². The Morgan fingerprint density at radius 3 is 2.65 bits per heavy atom. The van der Waals surface area contributed by atoms with Crippen LogP contribution in [-0.2, 0) is 4.79 Å². The van der Waals surface area contributed by atoms with Crippen molar-refractivity contribution in [3.8, 4) is 11.8 Å². The summed E-state index contributed by atoms with van der Waals surface area (Å²) in [6.45, 7) is 0.946. The molecule has 8 nitrogen and oxygen atoms in total. The average molecular weight is 356 g/mol. The van der Waals surface area contributed by atoms with Gasteiger partial charge in [0.1, 0.15) is 6.10 Å². The molecule has 0 saturated carbocycles. The fraction of sp³-hybridized carbons (Fsp3) is 0.333. The van der Waals surface area contributed by atoms with Gasteiger partial charge < -0.3 is 19.7 Å². The van der Waals surface area contributed by atoms with E-state index in [2.05, 4.69) is 15.3 Å². The maximum absolute atomic E-state index is 12.3. The van der Waals surface area contributed by atoms with Gasteiger partial charge in [0, 0.05) is 30.9 Å². The molecule has 0 spiro atoms. The molecule has 1 atom stereocenters. The van der Waals surface area contributed by atoms with Crippen LogP contribution in [0.15, 0.2) is 42.7 Å². The van der Waals surface area contributed by atoms with Crippen molar-refractivity contribution >= 4 is 11.8 Å². The van der Waals surface area contributed by atoms with Gasteiger partial charge in [-0.25, -0.2) is 9.97 Å². The minimum atomic E-state index is -0.268. The number of hydrogen-bond acceptors (Lipinski definition) is 6. The Kier molecular flexibility index (Phi) is 5.62. The molecule has 1 aromatic carbocycles. The summed E-state index contributed by atoms with van der Waals surface area (Å²) >= 11 is 0. The van der Waals surface area contributed by atoms with E-state index in [-0.39, 0.29) is 24.5 Å². The molecule has 136 valence electrons. The maximum Gasteiger partial charge on any atom is 0.278 e. The van der Waals surface area contributed by atoms with Crippen LogP contribution in [0.5, 0.6) is 11.8 Å². The van der Waals surface area contributed by atoms with Crippen molar-refractivity contribution in [2.45, 2.75) is 12.5 Å². The maximum atomic E-state index is 12.3. The Labute approximate surface area is 151 Å². The van der Waals surface area contributed by atoms with Crippen LogP contribution >= 0.6 is 0 Å². The fourth-order valence-electron chi connectivity index (χ4n) is 2.70. The lowest BCUT2D eigenvalue weighted by Crippen LogP contribution is -2.39. The summed E-state index contributed by atoms with van der Waals surface area (Å²) in [4.78, 5) is 34.1. The number of nitrogens with zero attached hydrogens (tertiary/aromatic N) is 3. The van der Waals surface area contributed by atoms with Crippen LogP contribution in [0.25, 0.3) is 0 Å². The number of benzene rings is 1. The van der Waals surface area contributed by atoms with E-state index < -0.39 is 0 Å². The number of likely N-dealkylation sites (tertiary alicyclic amines) is 1. The number of ether oxygens (including phenoxy) is 2. The van der Waals surface area contributed by atoms with Crippen molar-refractivity contribution in [1.82, 2.24) is 20.2 Å². The standard InChI is InChI=1S/C18H20N4O4/c1-25-17-18(20-9-8-19-17)26-14-7-10-22(12-14)15(23)11-21-16(24)13-5-3-2-4-6-13/h2-6,8-9,14H,7,10-12H2,1H3,(H,21,24). The second kappa shape index (κ2) is 8.28. The molecule has 1 fully saturated rings. The molecule has 1 aromatic heterocycles. The molecule has 0 aliphatic carbocycles. The summed E-state index contributed by atoms with van der Waals surface area (Å²) < 4.78 is 10.9. The van der Waals surface area contributed by atoms with E-state index in [4.69, 9.17) is 9.47 Å². The topological polar surface area (TPSA) is 93.7 Å². The third kappa shape index (κ3) is 4.27. The Bertz CT molecular complexity index is 769. The summed E-state index contributed by atoms with van der Waals surface area (Å²) in [5, 5.41) is 2.65. The lowest BCUT2D eigenvalue weighted by Gasteiger charge is -2.17. The van der Waals surface area contributed by atoms with Crippen molar-refractivity contribution < 1.29 is 19.1 Å². The molecule has 2 amide bonds. The van der Waals surface area contributed by atoms with E-state index in [1.165, 1.54) is 19.5 Å². The highest BCUT2D eigenvalue weighted by atomic mass is 16.5. The number of methoxy groups -OCH3 is 1. The minimum Gasteiger partial charge on any atom is -0.477 e. The predicted octanol–water partition coefficient (Wildman–Crippen LogP) is 0.895. The van der Waals surface area contributed by atoms with E-state index in [9.17, 15) is 9.59 Å². The first kappa shape index (κ1) is 17.7. The highest BCUT2D eigenvalue weighted by molar-refractivity contribution is 5.96. The Hall–Kier alpha value is -3.16. The van der Waals surface area contributed by atoms with Crippen molar-refractivity contribution in [2.24, 2.45) is 0 Å². The molecule has 2 heterocycles. The number of carbonyl (C=O) groups is 2. The largest absolute Gasteiger partial charge is 0.477 e. The van der Waals surface area contributed by atoms with Crippen molar-refractivity contribution in [1.29, 1.82) is 0 Å². The minimum absolute atomic E-state index is 0.0467. The Morgan fingerprint density at radius 2 is 1.92 bits per heavy atom. The monoisotopic (exact) mass is 356 g/mol. The van der Waals surface area contributed by atoms with Crippen LogP contribution in [0, 0.1) is 0 Å². The van der Waals surface area contributed by atoms with Gasteiger partial charge in [-0.3, -0.25) is 9.59 Å². The van der Waals surface area contributed by atoms with Gasteiger partial charge in [0.2, 0.25) is 5.91 Å². The third-order valence-corrected chi connectivity index (χ3v) is 4.04. The molecular formula is C18H20N4O4. The van der Waals surface area contributed by atoms with Crippen LogP contribution < -0.4 is 14.8 Å². The zero-order valence-electron chi connectivity index (χ0n) is 14.4. The predicted molar refractivity (Wildman–Crippen MR) is 93.0 cm³/mol. The van der Waals surface area contributed by atoms with Gasteiger partial charge in [0.05, 0.1) is 20.2 Å². The first-order chi connectivity index (χ1) is 12.7. The summed E-state index contributed by atoms with van der Waals surface area (Å²) in [6, 6.07) is 8.79. The molecule has 1 aliphatic heterocycles.